The zero-order valence-corrected chi connectivity index (χ0v) is 11.4. The average molecular weight is 240 g/mol. The van der Waals surface area contributed by atoms with Gasteiger partial charge in [0, 0.05) is 13.1 Å². The van der Waals surface area contributed by atoms with E-state index in [1.807, 2.05) is 0 Å². The lowest BCUT2D eigenvalue weighted by Crippen LogP contribution is -2.38. The van der Waals surface area contributed by atoms with E-state index in [1.165, 1.54) is 32.1 Å². The van der Waals surface area contributed by atoms with Gasteiger partial charge in [-0.25, -0.2) is 0 Å². The Morgan fingerprint density at radius 2 is 1.94 bits per heavy atom. The van der Waals surface area contributed by atoms with Gasteiger partial charge in [0.15, 0.2) is 0 Å². The summed E-state index contributed by atoms with van der Waals surface area (Å²) < 4.78 is 0. The Balaban J connectivity index is 2.18. The number of rotatable bonds is 6. The maximum absolute atomic E-state index is 11.9. The van der Waals surface area contributed by atoms with Crippen LogP contribution in [-0.4, -0.2) is 19.0 Å². The van der Waals surface area contributed by atoms with Gasteiger partial charge in [-0.15, -0.1) is 0 Å². The predicted octanol–water partition coefficient (Wildman–Crippen LogP) is 2.30. The number of amides is 1. The number of carbonyl (C=O) groups is 1. The molecule has 3 N–H and O–H groups in total. The first kappa shape index (κ1) is 14.5. The van der Waals surface area contributed by atoms with Gasteiger partial charge in [-0.05, 0) is 18.3 Å². The topological polar surface area (TPSA) is 55.1 Å². The normalized spacial score (nSPS) is 19.3. The van der Waals surface area contributed by atoms with E-state index in [0.29, 0.717) is 12.5 Å². The third kappa shape index (κ3) is 5.07. The number of nitrogens with one attached hydrogen (secondary N) is 1. The molecule has 1 amide bonds. The molecule has 1 rings (SSSR count). The van der Waals surface area contributed by atoms with Gasteiger partial charge in [-0.1, -0.05) is 46.0 Å². The van der Waals surface area contributed by atoms with Crippen LogP contribution in [0.2, 0.25) is 0 Å². The lowest BCUT2D eigenvalue weighted by Gasteiger charge is -2.23. The van der Waals surface area contributed by atoms with Crippen molar-refractivity contribution in [1.29, 1.82) is 0 Å². The summed E-state index contributed by atoms with van der Waals surface area (Å²) in [4.78, 5) is 11.9. The second kappa shape index (κ2) is 7.70. The highest BCUT2D eigenvalue weighted by molar-refractivity contribution is 5.79. The first-order valence-electron chi connectivity index (χ1n) is 7.13. The molecule has 1 saturated carbocycles. The molecule has 1 fully saturated rings. The van der Waals surface area contributed by atoms with Gasteiger partial charge in [0.25, 0.3) is 0 Å². The molecule has 0 aliphatic heterocycles. The first-order valence-corrected chi connectivity index (χ1v) is 7.13. The molecule has 1 atom stereocenters. The zero-order chi connectivity index (χ0) is 12.7. The van der Waals surface area contributed by atoms with E-state index in [2.05, 4.69) is 19.2 Å². The van der Waals surface area contributed by atoms with Gasteiger partial charge in [0.1, 0.15) is 0 Å². The Labute approximate surface area is 106 Å². The van der Waals surface area contributed by atoms with Crippen LogP contribution < -0.4 is 11.1 Å². The Kier molecular flexibility index (Phi) is 6.56. The van der Waals surface area contributed by atoms with Gasteiger partial charge >= 0.3 is 0 Å². The molecular formula is C14H28N2O. The second-order valence-electron chi connectivity index (χ2n) is 5.67. The molecule has 1 aliphatic carbocycles. The Morgan fingerprint density at radius 1 is 1.29 bits per heavy atom. The Morgan fingerprint density at radius 3 is 2.47 bits per heavy atom. The zero-order valence-electron chi connectivity index (χ0n) is 11.4. The Bertz CT molecular complexity index is 222. The Hall–Kier alpha value is -0.570. The molecule has 0 radical (unpaired) electrons. The van der Waals surface area contributed by atoms with Crippen molar-refractivity contribution >= 4 is 5.91 Å². The molecule has 1 unspecified atom stereocenters. The molecule has 17 heavy (non-hydrogen) atoms. The first-order chi connectivity index (χ1) is 8.15. The van der Waals surface area contributed by atoms with Crippen molar-refractivity contribution in [1.82, 2.24) is 5.32 Å². The molecule has 0 aromatic heterocycles. The summed E-state index contributed by atoms with van der Waals surface area (Å²) in [7, 11) is 0. The third-order valence-electron chi connectivity index (χ3n) is 3.97. The van der Waals surface area contributed by atoms with E-state index >= 15 is 0 Å². The minimum Gasteiger partial charge on any atom is -0.356 e. The maximum Gasteiger partial charge on any atom is 0.224 e. The van der Waals surface area contributed by atoms with Crippen LogP contribution in [0.4, 0.5) is 0 Å². The standard InChI is InChI=1S/C14H28N2O/c1-11(2)13(10-15)14(17)16-9-8-12-6-4-3-5-7-12/h11-13H,3-10,15H2,1-2H3,(H,16,17). The molecule has 0 bridgehead atoms. The van der Waals surface area contributed by atoms with E-state index in [1.54, 1.807) is 0 Å². The van der Waals surface area contributed by atoms with Crippen molar-refractivity contribution in [3.05, 3.63) is 0 Å². The predicted molar refractivity (Wildman–Crippen MR) is 71.6 cm³/mol. The number of hydrogen-bond donors (Lipinski definition) is 2. The van der Waals surface area contributed by atoms with Crippen LogP contribution >= 0.6 is 0 Å². The van der Waals surface area contributed by atoms with Gasteiger partial charge in [0.2, 0.25) is 5.91 Å². The molecule has 0 aromatic carbocycles. The summed E-state index contributed by atoms with van der Waals surface area (Å²) in [6, 6.07) is 0. The lowest BCUT2D eigenvalue weighted by atomic mass is 9.87. The molecule has 1 aliphatic rings. The molecule has 0 heterocycles. The van der Waals surface area contributed by atoms with Crippen LogP contribution in [0.15, 0.2) is 0 Å². The maximum atomic E-state index is 11.9. The van der Waals surface area contributed by atoms with Gasteiger partial charge in [-0.3, -0.25) is 4.79 Å². The van der Waals surface area contributed by atoms with Crippen molar-refractivity contribution in [2.24, 2.45) is 23.5 Å². The third-order valence-corrected chi connectivity index (χ3v) is 3.97. The summed E-state index contributed by atoms with van der Waals surface area (Å²) in [5.41, 5.74) is 5.63. The molecule has 0 aromatic rings. The summed E-state index contributed by atoms with van der Waals surface area (Å²) in [5, 5.41) is 3.04. The van der Waals surface area contributed by atoms with Gasteiger partial charge < -0.3 is 11.1 Å². The summed E-state index contributed by atoms with van der Waals surface area (Å²) in [6.45, 7) is 5.39. The highest BCUT2D eigenvalue weighted by atomic mass is 16.1. The second-order valence-corrected chi connectivity index (χ2v) is 5.67. The van der Waals surface area contributed by atoms with E-state index in [4.69, 9.17) is 5.73 Å². The SMILES string of the molecule is CC(C)C(CN)C(=O)NCCC1CCCCC1. The van der Waals surface area contributed by atoms with E-state index < -0.39 is 0 Å². The molecule has 100 valence electrons. The van der Waals surface area contributed by atoms with Crippen LogP contribution in [0, 0.1) is 17.8 Å². The minimum absolute atomic E-state index is 0.0265. The largest absolute Gasteiger partial charge is 0.356 e. The fourth-order valence-corrected chi connectivity index (χ4v) is 2.69. The average Bonchev–Trinajstić information content (AvgIpc) is 2.30. The molecular weight excluding hydrogens is 212 g/mol. The van der Waals surface area contributed by atoms with Crippen LogP contribution in [0.3, 0.4) is 0 Å². The van der Waals surface area contributed by atoms with E-state index in [0.717, 1.165) is 18.9 Å². The fraction of sp³-hybridized carbons (Fsp3) is 0.929. The number of nitrogens with two attached hydrogens (primary N) is 1. The van der Waals surface area contributed by atoms with Crippen molar-refractivity contribution in [3.63, 3.8) is 0 Å². The highest BCUT2D eigenvalue weighted by Crippen LogP contribution is 2.25. The fourth-order valence-electron chi connectivity index (χ4n) is 2.69. The summed E-state index contributed by atoms with van der Waals surface area (Å²) in [6.07, 6.45) is 7.97. The summed E-state index contributed by atoms with van der Waals surface area (Å²) in [5.74, 6) is 1.27. The van der Waals surface area contributed by atoms with Crippen LogP contribution in [0.5, 0.6) is 0 Å². The smallest absolute Gasteiger partial charge is 0.224 e. The van der Waals surface area contributed by atoms with Crippen LogP contribution in [0.25, 0.3) is 0 Å². The van der Waals surface area contributed by atoms with Crippen LogP contribution in [-0.2, 0) is 4.79 Å². The molecule has 3 heteroatoms. The minimum atomic E-state index is -0.0265. The van der Waals surface area contributed by atoms with Crippen LogP contribution in [0.1, 0.15) is 52.4 Å². The van der Waals surface area contributed by atoms with Gasteiger partial charge in [0.05, 0.1) is 5.92 Å². The monoisotopic (exact) mass is 240 g/mol. The van der Waals surface area contributed by atoms with Crippen molar-refractivity contribution in [2.45, 2.75) is 52.4 Å². The molecule has 0 saturated heterocycles. The van der Waals surface area contributed by atoms with Crippen molar-refractivity contribution in [2.75, 3.05) is 13.1 Å². The van der Waals surface area contributed by atoms with Crippen molar-refractivity contribution in [3.8, 4) is 0 Å². The number of hydrogen-bond acceptors (Lipinski definition) is 2. The van der Waals surface area contributed by atoms with E-state index in [9.17, 15) is 4.79 Å². The number of carbonyl (C=O) groups excluding carboxylic acids is 1. The van der Waals surface area contributed by atoms with E-state index in [-0.39, 0.29) is 11.8 Å². The molecule has 0 spiro atoms. The highest BCUT2D eigenvalue weighted by Gasteiger charge is 2.20. The van der Waals surface area contributed by atoms with Crippen molar-refractivity contribution < 1.29 is 4.79 Å². The molecule has 3 nitrogen and oxygen atoms in total. The quantitative estimate of drug-likeness (QED) is 0.748. The van der Waals surface area contributed by atoms with Gasteiger partial charge in [-0.2, -0.15) is 0 Å². The lowest BCUT2D eigenvalue weighted by molar-refractivity contribution is -0.126. The summed E-state index contributed by atoms with van der Waals surface area (Å²) >= 11 is 0.